The van der Waals surface area contributed by atoms with Crippen LogP contribution in [0.5, 0.6) is 0 Å². The van der Waals surface area contributed by atoms with E-state index in [0.29, 0.717) is 11.3 Å². The van der Waals surface area contributed by atoms with Crippen molar-refractivity contribution in [3.05, 3.63) is 29.8 Å². The third kappa shape index (κ3) is 2.70. The number of sulfone groups is 1. The van der Waals surface area contributed by atoms with E-state index in [1.54, 1.807) is 38.1 Å². The number of anilines is 1. The molecule has 0 heterocycles. The van der Waals surface area contributed by atoms with Gasteiger partial charge in [-0.3, -0.25) is 0 Å². The summed E-state index contributed by atoms with van der Waals surface area (Å²) in [5.41, 5.74) is 6.63. The fourth-order valence-corrected chi connectivity index (χ4v) is 4.15. The number of nitrogens with two attached hydrogens (primary N) is 1. The topological polar surface area (TPSA) is 80.4 Å². The second kappa shape index (κ2) is 5.59. The highest BCUT2D eigenvalue weighted by Gasteiger charge is 2.45. The number of alkyl halides is 1. The lowest BCUT2D eigenvalue weighted by Crippen LogP contribution is -2.39. The zero-order valence-electron chi connectivity index (χ0n) is 10.4. The molecule has 0 spiro atoms. The van der Waals surface area contributed by atoms with Gasteiger partial charge in [-0.1, -0.05) is 41.9 Å². The minimum absolute atomic E-state index is 0.0362. The fourth-order valence-electron chi connectivity index (χ4n) is 1.80. The second-order valence-electron chi connectivity index (χ2n) is 4.12. The lowest BCUT2D eigenvalue weighted by atomic mass is 10.0. The molecule has 0 aliphatic heterocycles. The van der Waals surface area contributed by atoms with Gasteiger partial charge in [0.05, 0.1) is 0 Å². The third-order valence-electron chi connectivity index (χ3n) is 3.01. The van der Waals surface area contributed by atoms with Gasteiger partial charge in [0.1, 0.15) is 6.10 Å². The molecule has 0 saturated heterocycles. The van der Waals surface area contributed by atoms with Gasteiger partial charge >= 0.3 is 0 Å². The largest absolute Gasteiger partial charge is 0.399 e. The molecular formula is C12H18BrNO3S. The van der Waals surface area contributed by atoms with Crippen molar-refractivity contribution < 1.29 is 13.5 Å². The SMILES string of the molecule is CC[C@](Br)([C@@H](O)c1cccc(N)c1)S(=O)(=O)CC. The number of halogens is 1. The van der Waals surface area contributed by atoms with Crippen LogP contribution in [0.15, 0.2) is 24.3 Å². The Hall–Kier alpha value is -0.590. The quantitative estimate of drug-likeness (QED) is 0.638. The summed E-state index contributed by atoms with van der Waals surface area (Å²) in [5.74, 6) is -0.0362. The van der Waals surface area contributed by atoms with E-state index >= 15 is 0 Å². The van der Waals surface area contributed by atoms with Crippen molar-refractivity contribution in [2.45, 2.75) is 30.0 Å². The Kier molecular flexibility index (Phi) is 4.80. The molecule has 0 aromatic heterocycles. The normalized spacial score (nSPS) is 17.1. The molecule has 0 saturated carbocycles. The first kappa shape index (κ1) is 15.5. The average Bonchev–Trinajstić information content (AvgIpc) is 2.36. The number of aliphatic hydroxyl groups is 1. The van der Waals surface area contributed by atoms with Gasteiger partial charge in [0.2, 0.25) is 0 Å². The van der Waals surface area contributed by atoms with E-state index in [2.05, 4.69) is 15.9 Å². The van der Waals surface area contributed by atoms with Gasteiger partial charge in [-0.2, -0.15) is 0 Å². The van der Waals surface area contributed by atoms with Gasteiger partial charge in [-0.05, 0) is 24.1 Å². The Labute approximate surface area is 116 Å². The van der Waals surface area contributed by atoms with Crippen molar-refractivity contribution in [3.8, 4) is 0 Å². The zero-order valence-corrected chi connectivity index (χ0v) is 12.8. The van der Waals surface area contributed by atoms with Crippen LogP contribution in [0.25, 0.3) is 0 Å². The summed E-state index contributed by atoms with van der Waals surface area (Å²) in [4.78, 5) is 0. The molecule has 3 N–H and O–H groups in total. The molecule has 6 heteroatoms. The molecule has 0 radical (unpaired) electrons. The smallest absolute Gasteiger partial charge is 0.168 e. The standard InChI is InChI=1S/C12H18BrNO3S/c1-3-12(13,18(16,17)4-2)11(15)9-6-5-7-10(14)8-9/h5-8,11,15H,3-4,14H2,1-2H3/t11-,12+/m0/s1. The van der Waals surface area contributed by atoms with Crippen LogP contribution in [0.4, 0.5) is 5.69 Å². The maximum atomic E-state index is 12.1. The molecular weight excluding hydrogens is 318 g/mol. The maximum absolute atomic E-state index is 12.1. The Morgan fingerprint density at radius 3 is 2.50 bits per heavy atom. The molecule has 1 rings (SSSR count). The molecule has 0 aliphatic carbocycles. The third-order valence-corrected chi connectivity index (χ3v) is 7.79. The van der Waals surface area contributed by atoms with Crippen molar-refractivity contribution in [2.24, 2.45) is 0 Å². The molecule has 0 fully saturated rings. The van der Waals surface area contributed by atoms with E-state index in [1.165, 1.54) is 0 Å². The van der Waals surface area contributed by atoms with Crippen LogP contribution < -0.4 is 5.73 Å². The monoisotopic (exact) mass is 335 g/mol. The second-order valence-corrected chi connectivity index (χ2v) is 8.59. The van der Waals surface area contributed by atoms with Crippen molar-refractivity contribution in [2.75, 3.05) is 11.5 Å². The van der Waals surface area contributed by atoms with Crippen molar-refractivity contribution in [1.82, 2.24) is 0 Å². The number of nitrogen functional groups attached to an aromatic ring is 1. The van der Waals surface area contributed by atoms with Crippen molar-refractivity contribution in [1.29, 1.82) is 0 Å². The van der Waals surface area contributed by atoms with Gasteiger partial charge in [-0.25, -0.2) is 8.42 Å². The summed E-state index contributed by atoms with van der Waals surface area (Å²) in [7, 11) is -3.44. The highest BCUT2D eigenvalue weighted by atomic mass is 79.9. The molecule has 102 valence electrons. The Balaban J connectivity index is 3.26. The van der Waals surface area contributed by atoms with Crippen LogP contribution in [-0.2, 0) is 9.84 Å². The molecule has 0 bridgehead atoms. The van der Waals surface area contributed by atoms with Crippen molar-refractivity contribution >= 4 is 31.5 Å². The number of hydrogen-bond donors (Lipinski definition) is 2. The van der Waals surface area contributed by atoms with Gasteiger partial charge in [0.25, 0.3) is 0 Å². The Morgan fingerprint density at radius 2 is 2.06 bits per heavy atom. The minimum Gasteiger partial charge on any atom is -0.399 e. The molecule has 18 heavy (non-hydrogen) atoms. The van der Waals surface area contributed by atoms with E-state index in [9.17, 15) is 13.5 Å². The molecule has 1 aromatic rings. The van der Waals surface area contributed by atoms with Crippen LogP contribution in [0, 0.1) is 0 Å². The predicted molar refractivity (Wildman–Crippen MR) is 77.2 cm³/mol. The summed E-state index contributed by atoms with van der Waals surface area (Å²) in [6.07, 6.45) is -0.893. The van der Waals surface area contributed by atoms with E-state index in [1.807, 2.05) is 0 Å². The first-order valence-electron chi connectivity index (χ1n) is 5.73. The number of rotatable bonds is 5. The summed E-state index contributed by atoms with van der Waals surface area (Å²) >= 11 is 3.21. The number of hydrogen-bond acceptors (Lipinski definition) is 4. The van der Waals surface area contributed by atoms with Crippen LogP contribution in [0.2, 0.25) is 0 Å². The molecule has 2 atom stereocenters. The predicted octanol–water partition coefficient (Wildman–Crippen LogP) is 2.24. The lowest BCUT2D eigenvalue weighted by molar-refractivity contribution is 0.160. The Morgan fingerprint density at radius 1 is 1.44 bits per heavy atom. The van der Waals surface area contributed by atoms with Crippen LogP contribution in [0.1, 0.15) is 31.9 Å². The van der Waals surface area contributed by atoms with Crippen LogP contribution >= 0.6 is 15.9 Å². The van der Waals surface area contributed by atoms with Crippen LogP contribution in [-0.4, -0.2) is 22.9 Å². The highest BCUT2D eigenvalue weighted by Crippen LogP contribution is 2.42. The molecule has 0 aliphatic rings. The lowest BCUT2D eigenvalue weighted by Gasteiger charge is -2.31. The zero-order chi connectivity index (χ0) is 14.0. The molecule has 0 unspecified atom stereocenters. The van der Waals surface area contributed by atoms with E-state index in [4.69, 9.17) is 5.73 Å². The average molecular weight is 336 g/mol. The van der Waals surface area contributed by atoms with Crippen molar-refractivity contribution in [3.63, 3.8) is 0 Å². The highest BCUT2D eigenvalue weighted by molar-refractivity contribution is 9.11. The first-order chi connectivity index (χ1) is 8.28. The summed E-state index contributed by atoms with van der Waals surface area (Å²) in [5, 5.41) is 10.3. The molecule has 0 amide bonds. The number of benzene rings is 1. The van der Waals surface area contributed by atoms with Gasteiger partial charge in [0, 0.05) is 11.4 Å². The van der Waals surface area contributed by atoms with E-state index in [0.717, 1.165) is 0 Å². The maximum Gasteiger partial charge on any atom is 0.168 e. The summed E-state index contributed by atoms with van der Waals surface area (Å²) in [6, 6.07) is 6.63. The number of aliphatic hydroxyl groups excluding tert-OH is 1. The summed E-state index contributed by atoms with van der Waals surface area (Å²) in [6.45, 7) is 3.28. The molecule has 1 aromatic carbocycles. The van der Waals surface area contributed by atoms with Gasteiger partial charge in [-0.15, -0.1) is 0 Å². The summed E-state index contributed by atoms with van der Waals surface area (Å²) < 4.78 is 22.9. The van der Waals surface area contributed by atoms with Gasteiger partial charge in [0.15, 0.2) is 13.5 Å². The minimum atomic E-state index is -3.44. The first-order valence-corrected chi connectivity index (χ1v) is 8.17. The van der Waals surface area contributed by atoms with E-state index < -0.39 is 19.6 Å². The van der Waals surface area contributed by atoms with Crippen LogP contribution in [0.3, 0.4) is 0 Å². The van der Waals surface area contributed by atoms with Gasteiger partial charge < -0.3 is 10.8 Å². The molecule has 4 nitrogen and oxygen atoms in total. The Bertz CT molecular complexity index is 518. The van der Waals surface area contributed by atoms with E-state index in [-0.39, 0.29) is 12.2 Å². The fraction of sp³-hybridized carbons (Fsp3) is 0.500.